The summed E-state index contributed by atoms with van der Waals surface area (Å²) in [7, 11) is 2.30. The number of aryl methyl sites for hydroxylation is 1. The van der Waals surface area contributed by atoms with E-state index in [-0.39, 0.29) is 5.54 Å². The predicted octanol–water partition coefficient (Wildman–Crippen LogP) is 3.58. The van der Waals surface area contributed by atoms with Gasteiger partial charge >= 0.3 is 0 Å². The first kappa shape index (κ1) is 21.4. The van der Waals surface area contributed by atoms with Gasteiger partial charge in [-0.2, -0.15) is 0 Å². The van der Waals surface area contributed by atoms with Gasteiger partial charge in [0, 0.05) is 37.9 Å². The van der Waals surface area contributed by atoms with Gasteiger partial charge in [-0.25, -0.2) is 0 Å². The maximum absolute atomic E-state index is 5.39. The number of aromatic nitrogens is 1. The minimum Gasteiger partial charge on any atom is -0.355 e. The van der Waals surface area contributed by atoms with Gasteiger partial charge in [0.25, 0.3) is 0 Å². The zero-order valence-corrected chi connectivity index (χ0v) is 20.5. The fourth-order valence-electron chi connectivity index (χ4n) is 7.10. The molecule has 0 aliphatic carbocycles. The van der Waals surface area contributed by atoms with Crippen LogP contribution in [0.25, 0.3) is 0 Å². The monoisotopic (exact) mass is 446 g/mol. The second-order valence-electron chi connectivity index (χ2n) is 10.9. The standard InChI is InChI=1S/C27H38N6/c1-20-8-6-14-28-26(20)22-10-4-11-23(30(22)3)27(2)19-33-24(29-27)12-5-13-25(33)32-17-16-31-15-7-9-21(31)18-32/h5-6,8,12-14,21-23H,4,7,9-11,15-19H2,1-3H3/t21?,22-,23+,27?/m0/s1. The molecule has 6 rings (SSSR count). The van der Waals surface area contributed by atoms with Crippen LogP contribution in [-0.2, 0) is 0 Å². The number of amidine groups is 1. The Kier molecular flexibility index (Phi) is 5.33. The van der Waals surface area contributed by atoms with Crippen LogP contribution >= 0.6 is 0 Å². The Morgan fingerprint density at radius 1 is 1.09 bits per heavy atom. The average Bonchev–Trinajstić information content (AvgIpc) is 3.43. The first-order chi connectivity index (χ1) is 16.0. The third-order valence-electron chi connectivity index (χ3n) is 8.83. The van der Waals surface area contributed by atoms with Crippen molar-refractivity contribution in [3.8, 4) is 0 Å². The smallest absolute Gasteiger partial charge is 0.129 e. The fraction of sp³-hybridized carbons (Fsp3) is 0.630. The minimum absolute atomic E-state index is 0.117. The lowest BCUT2D eigenvalue weighted by atomic mass is 9.82. The van der Waals surface area contributed by atoms with Crippen LogP contribution in [0.2, 0.25) is 0 Å². The number of nitrogens with zero attached hydrogens (tertiary/aromatic N) is 6. The summed E-state index contributed by atoms with van der Waals surface area (Å²) < 4.78 is 0. The Bertz CT molecular complexity index is 998. The summed E-state index contributed by atoms with van der Waals surface area (Å²) in [4.78, 5) is 20.6. The topological polar surface area (TPSA) is 38.2 Å². The first-order valence-electron chi connectivity index (χ1n) is 12.9. The summed E-state index contributed by atoms with van der Waals surface area (Å²) in [5.41, 5.74) is 2.43. The van der Waals surface area contributed by atoms with Gasteiger partial charge in [-0.3, -0.25) is 19.8 Å². The van der Waals surface area contributed by atoms with Gasteiger partial charge in [0.1, 0.15) is 11.7 Å². The molecule has 6 heteroatoms. The number of likely N-dealkylation sites (tertiary alicyclic amines) is 1. The van der Waals surface area contributed by atoms with E-state index in [1.165, 1.54) is 62.3 Å². The van der Waals surface area contributed by atoms with Crippen molar-refractivity contribution < 1.29 is 0 Å². The van der Waals surface area contributed by atoms with Crippen molar-refractivity contribution in [1.82, 2.24) is 24.6 Å². The van der Waals surface area contributed by atoms with Gasteiger partial charge in [0.05, 0.1) is 23.8 Å². The van der Waals surface area contributed by atoms with Crippen molar-refractivity contribution in [2.24, 2.45) is 4.99 Å². The average molecular weight is 447 g/mol. The van der Waals surface area contributed by atoms with E-state index in [0.29, 0.717) is 12.1 Å². The van der Waals surface area contributed by atoms with Crippen molar-refractivity contribution in [3.63, 3.8) is 0 Å². The lowest BCUT2D eigenvalue weighted by Crippen LogP contribution is -2.55. The number of piperidine rings is 1. The van der Waals surface area contributed by atoms with Gasteiger partial charge < -0.3 is 9.80 Å². The number of aliphatic imine (C=N–C) groups is 1. The Morgan fingerprint density at radius 2 is 2.00 bits per heavy atom. The van der Waals surface area contributed by atoms with E-state index in [2.05, 4.69) is 64.8 Å². The molecule has 0 N–H and O–H groups in total. The molecule has 0 saturated carbocycles. The molecule has 6 nitrogen and oxygen atoms in total. The van der Waals surface area contributed by atoms with Crippen LogP contribution in [0.15, 0.2) is 47.4 Å². The van der Waals surface area contributed by atoms with Gasteiger partial charge in [-0.15, -0.1) is 0 Å². The largest absolute Gasteiger partial charge is 0.355 e. The number of hydrogen-bond donors (Lipinski definition) is 0. The maximum Gasteiger partial charge on any atom is 0.129 e. The van der Waals surface area contributed by atoms with Crippen LogP contribution in [0.4, 0.5) is 0 Å². The lowest BCUT2D eigenvalue weighted by Gasteiger charge is -2.47. The van der Waals surface area contributed by atoms with E-state index in [9.17, 15) is 0 Å². The van der Waals surface area contributed by atoms with Gasteiger partial charge in [0.15, 0.2) is 0 Å². The molecule has 5 aliphatic rings. The van der Waals surface area contributed by atoms with Crippen LogP contribution in [0, 0.1) is 6.92 Å². The highest BCUT2D eigenvalue weighted by molar-refractivity contribution is 5.97. The summed E-state index contributed by atoms with van der Waals surface area (Å²) >= 11 is 0. The fourth-order valence-corrected chi connectivity index (χ4v) is 7.10. The van der Waals surface area contributed by atoms with Crippen LogP contribution in [0.1, 0.15) is 56.3 Å². The van der Waals surface area contributed by atoms with Crippen molar-refractivity contribution in [2.75, 3.05) is 39.8 Å². The summed E-state index contributed by atoms with van der Waals surface area (Å²) in [6, 6.07) is 5.76. The maximum atomic E-state index is 5.39. The molecule has 3 fully saturated rings. The Balaban J connectivity index is 1.23. The molecule has 1 aromatic rings. The van der Waals surface area contributed by atoms with Crippen LogP contribution in [0.5, 0.6) is 0 Å². The Labute approximate surface area is 198 Å². The summed E-state index contributed by atoms with van der Waals surface area (Å²) in [6.07, 6.45) is 15.0. The molecule has 2 unspecified atom stereocenters. The zero-order chi connectivity index (χ0) is 22.6. The molecule has 5 aliphatic heterocycles. The van der Waals surface area contributed by atoms with Gasteiger partial charge in [0.2, 0.25) is 0 Å². The van der Waals surface area contributed by atoms with Crippen LogP contribution in [0.3, 0.4) is 0 Å². The summed E-state index contributed by atoms with van der Waals surface area (Å²) in [6.45, 7) is 10.3. The minimum atomic E-state index is -0.117. The lowest BCUT2D eigenvalue weighted by molar-refractivity contribution is 0.0576. The number of piperazine rings is 1. The zero-order valence-electron chi connectivity index (χ0n) is 20.5. The van der Waals surface area contributed by atoms with Gasteiger partial charge in [-0.1, -0.05) is 12.1 Å². The molecule has 0 amide bonds. The van der Waals surface area contributed by atoms with Crippen LogP contribution in [-0.4, -0.2) is 87.8 Å². The van der Waals surface area contributed by atoms with Crippen molar-refractivity contribution in [1.29, 1.82) is 0 Å². The molecule has 0 radical (unpaired) electrons. The SMILES string of the molecule is Cc1cccnc1[C@@H]1CCC[C@H](C2(C)CN3C(N4CCN5CCCC5C4)=CC=CC3=N2)N1C. The Morgan fingerprint density at radius 3 is 2.88 bits per heavy atom. The molecular formula is C27H38N6. The third kappa shape index (κ3) is 3.62. The first-order valence-corrected chi connectivity index (χ1v) is 12.9. The highest BCUT2D eigenvalue weighted by Crippen LogP contribution is 2.42. The molecule has 176 valence electrons. The number of pyridine rings is 1. The number of allylic oxidation sites excluding steroid dienone is 2. The van der Waals surface area contributed by atoms with E-state index < -0.39 is 0 Å². The number of likely N-dealkylation sites (N-methyl/N-ethyl adjacent to an activating group) is 1. The van der Waals surface area contributed by atoms with Crippen molar-refractivity contribution >= 4 is 5.84 Å². The Hall–Kier alpha value is -2.18. The number of hydrogen-bond acceptors (Lipinski definition) is 6. The number of fused-ring (bicyclic) bond motifs is 2. The molecule has 0 bridgehead atoms. The summed E-state index contributed by atoms with van der Waals surface area (Å²) in [5.74, 6) is 2.51. The highest BCUT2D eigenvalue weighted by Gasteiger charge is 2.48. The quantitative estimate of drug-likeness (QED) is 0.710. The van der Waals surface area contributed by atoms with E-state index in [1.807, 2.05) is 12.3 Å². The highest BCUT2D eigenvalue weighted by atomic mass is 15.4. The van der Waals surface area contributed by atoms with Crippen molar-refractivity contribution in [3.05, 3.63) is 53.6 Å². The van der Waals surface area contributed by atoms with E-state index in [4.69, 9.17) is 9.98 Å². The van der Waals surface area contributed by atoms with Crippen molar-refractivity contribution in [2.45, 2.75) is 69.6 Å². The van der Waals surface area contributed by atoms with Gasteiger partial charge in [-0.05, 0) is 83.3 Å². The predicted molar refractivity (Wildman–Crippen MR) is 133 cm³/mol. The molecular weight excluding hydrogens is 408 g/mol. The molecule has 4 atom stereocenters. The number of rotatable bonds is 3. The second kappa shape index (κ2) is 8.24. The normalized spacial score (nSPS) is 34.8. The third-order valence-corrected chi connectivity index (χ3v) is 8.83. The van der Waals surface area contributed by atoms with Crippen LogP contribution < -0.4 is 0 Å². The van der Waals surface area contributed by atoms with E-state index in [1.54, 1.807) is 0 Å². The molecule has 0 spiro atoms. The van der Waals surface area contributed by atoms with E-state index >= 15 is 0 Å². The molecule has 0 aromatic carbocycles. The van der Waals surface area contributed by atoms with E-state index in [0.717, 1.165) is 31.5 Å². The second-order valence-corrected chi connectivity index (χ2v) is 10.9. The summed E-state index contributed by atoms with van der Waals surface area (Å²) in [5, 5.41) is 0. The molecule has 1 aromatic heterocycles. The molecule has 33 heavy (non-hydrogen) atoms. The molecule has 6 heterocycles. The molecule has 3 saturated heterocycles.